The minimum Gasteiger partial charge on any atom is -0.398 e. The van der Waals surface area contributed by atoms with Gasteiger partial charge in [0.25, 0.3) is 0 Å². The second-order valence-corrected chi connectivity index (χ2v) is 3.81. The van der Waals surface area contributed by atoms with Gasteiger partial charge in [0, 0.05) is 17.8 Å². The molecule has 3 nitrogen and oxygen atoms in total. The molecule has 0 bridgehead atoms. The zero-order valence-electron chi connectivity index (χ0n) is 8.22. The quantitative estimate of drug-likeness (QED) is 0.590. The molecule has 13 heavy (non-hydrogen) atoms. The standard InChI is InChI=1S/C10H15N3/c1-7-6-9(11)8-4-3-5-13(2)10(8)12-7/h6H,3-5H2,1-2H3,(H2,11,12)/p+1. The molecule has 2 heterocycles. The van der Waals surface area contributed by atoms with Crippen LogP contribution in [0.2, 0.25) is 0 Å². The number of quaternary nitrogens is 1. The highest BCUT2D eigenvalue weighted by molar-refractivity contribution is 5.55. The lowest BCUT2D eigenvalue weighted by Gasteiger charge is -2.22. The molecule has 0 amide bonds. The van der Waals surface area contributed by atoms with E-state index in [2.05, 4.69) is 12.0 Å². The zero-order valence-corrected chi connectivity index (χ0v) is 8.22. The third kappa shape index (κ3) is 1.40. The molecule has 1 unspecified atom stereocenters. The van der Waals surface area contributed by atoms with Gasteiger partial charge in [-0.05, 0) is 19.4 Å². The molecule has 1 aromatic rings. The monoisotopic (exact) mass is 178 g/mol. The van der Waals surface area contributed by atoms with E-state index in [1.165, 1.54) is 23.4 Å². The van der Waals surface area contributed by atoms with Gasteiger partial charge in [0.15, 0.2) is 0 Å². The van der Waals surface area contributed by atoms with Crippen molar-refractivity contribution in [1.29, 1.82) is 0 Å². The maximum absolute atomic E-state index is 5.95. The highest BCUT2D eigenvalue weighted by Crippen LogP contribution is 2.21. The van der Waals surface area contributed by atoms with Crippen LogP contribution in [0.5, 0.6) is 0 Å². The highest BCUT2D eigenvalue weighted by Gasteiger charge is 2.22. The van der Waals surface area contributed by atoms with Crippen molar-refractivity contribution >= 4 is 11.5 Å². The molecule has 0 aromatic carbocycles. The summed E-state index contributed by atoms with van der Waals surface area (Å²) in [6.45, 7) is 3.17. The fourth-order valence-electron chi connectivity index (χ4n) is 1.99. The van der Waals surface area contributed by atoms with Crippen molar-refractivity contribution in [2.45, 2.75) is 19.8 Å². The lowest BCUT2D eigenvalue weighted by Crippen LogP contribution is -3.05. The minimum absolute atomic E-state index is 0.918. The first-order chi connectivity index (χ1) is 6.18. The number of hydrogen-bond acceptors (Lipinski definition) is 2. The molecule has 1 aromatic heterocycles. The van der Waals surface area contributed by atoms with E-state index in [9.17, 15) is 0 Å². The molecule has 0 aliphatic carbocycles. The van der Waals surface area contributed by atoms with E-state index < -0.39 is 0 Å². The van der Waals surface area contributed by atoms with E-state index in [1.54, 1.807) is 0 Å². The van der Waals surface area contributed by atoms with Crippen LogP contribution in [-0.4, -0.2) is 18.6 Å². The molecule has 3 N–H and O–H groups in total. The Morgan fingerprint density at radius 2 is 2.31 bits per heavy atom. The van der Waals surface area contributed by atoms with Crippen LogP contribution in [0.3, 0.4) is 0 Å². The summed E-state index contributed by atoms with van der Waals surface area (Å²) in [5, 5.41) is 0. The molecule has 1 atom stereocenters. The summed E-state index contributed by atoms with van der Waals surface area (Å²) in [5.74, 6) is 1.16. The fourth-order valence-corrected chi connectivity index (χ4v) is 1.99. The summed E-state index contributed by atoms with van der Waals surface area (Å²) >= 11 is 0. The lowest BCUT2D eigenvalue weighted by molar-refractivity contribution is -0.815. The van der Waals surface area contributed by atoms with Crippen LogP contribution in [-0.2, 0) is 6.42 Å². The SMILES string of the molecule is Cc1cc(N)c2c(n1)[NH+](C)CCC2. The summed E-state index contributed by atoms with van der Waals surface area (Å²) in [6.07, 6.45) is 2.31. The molecule has 0 saturated heterocycles. The van der Waals surface area contributed by atoms with Gasteiger partial charge < -0.3 is 5.73 Å². The molecule has 3 heteroatoms. The topological polar surface area (TPSA) is 43.3 Å². The largest absolute Gasteiger partial charge is 0.398 e. The summed E-state index contributed by atoms with van der Waals surface area (Å²) in [4.78, 5) is 5.92. The van der Waals surface area contributed by atoms with Crippen molar-refractivity contribution in [3.8, 4) is 0 Å². The normalized spacial score (nSPS) is 21.2. The van der Waals surface area contributed by atoms with Crippen LogP contribution in [0.15, 0.2) is 6.07 Å². The number of pyridine rings is 1. The highest BCUT2D eigenvalue weighted by atomic mass is 15.2. The molecule has 0 saturated carbocycles. The molecule has 0 radical (unpaired) electrons. The van der Waals surface area contributed by atoms with E-state index in [0.717, 1.165) is 23.6 Å². The predicted octanol–water partition coefficient (Wildman–Crippen LogP) is 0.0646. The molecular weight excluding hydrogens is 162 g/mol. The van der Waals surface area contributed by atoms with E-state index in [4.69, 9.17) is 5.73 Å². The minimum atomic E-state index is 0.918. The summed E-state index contributed by atoms with van der Waals surface area (Å²) in [5.41, 5.74) is 9.15. The van der Waals surface area contributed by atoms with Crippen molar-refractivity contribution in [2.24, 2.45) is 0 Å². The van der Waals surface area contributed by atoms with Crippen molar-refractivity contribution in [2.75, 3.05) is 19.3 Å². The first-order valence-corrected chi connectivity index (χ1v) is 4.77. The number of fused-ring (bicyclic) bond motifs is 1. The Bertz CT molecular complexity index is 333. The van der Waals surface area contributed by atoms with Crippen molar-refractivity contribution in [3.05, 3.63) is 17.3 Å². The van der Waals surface area contributed by atoms with Crippen molar-refractivity contribution < 1.29 is 4.90 Å². The second-order valence-electron chi connectivity index (χ2n) is 3.81. The van der Waals surface area contributed by atoms with E-state index in [0.29, 0.717) is 0 Å². The van der Waals surface area contributed by atoms with Gasteiger partial charge in [-0.15, -0.1) is 0 Å². The maximum Gasteiger partial charge on any atom is 0.231 e. The molecule has 0 spiro atoms. The Balaban J connectivity index is 2.56. The Morgan fingerprint density at radius 1 is 1.54 bits per heavy atom. The van der Waals surface area contributed by atoms with Gasteiger partial charge in [0.1, 0.15) is 0 Å². The number of nitrogens with one attached hydrogen (secondary N) is 1. The van der Waals surface area contributed by atoms with Crippen molar-refractivity contribution in [1.82, 2.24) is 4.98 Å². The van der Waals surface area contributed by atoms with Crippen LogP contribution in [0.1, 0.15) is 17.7 Å². The van der Waals surface area contributed by atoms with Crippen LogP contribution < -0.4 is 10.6 Å². The van der Waals surface area contributed by atoms with Crippen LogP contribution in [0.4, 0.5) is 11.5 Å². The average molecular weight is 178 g/mol. The zero-order chi connectivity index (χ0) is 9.42. The maximum atomic E-state index is 5.95. The number of nitrogens with zero attached hydrogens (tertiary/aromatic N) is 1. The van der Waals surface area contributed by atoms with Crippen LogP contribution in [0.25, 0.3) is 0 Å². The number of nitrogens with two attached hydrogens (primary N) is 1. The van der Waals surface area contributed by atoms with Gasteiger partial charge in [0.05, 0.1) is 19.2 Å². The summed E-state index contributed by atoms with van der Waals surface area (Å²) in [7, 11) is 2.16. The first kappa shape index (κ1) is 8.51. The number of nitrogen functional groups attached to an aromatic ring is 1. The third-order valence-electron chi connectivity index (χ3n) is 2.67. The van der Waals surface area contributed by atoms with E-state index in [1.807, 2.05) is 13.0 Å². The Hall–Kier alpha value is -1.09. The Kier molecular flexibility index (Phi) is 1.96. The van der Waals surface area contributed by atoms with Crippen LogP contribution in [0, 0.1) is 6.92 Å². The number of aromatic nitrogens is 1. The average Bonchev–Trinajstić information content (AvgIpc) is 2.07. The number of hydrogen-bond donors (Lipinski definition) is 2. The molecule has 0 fully saturated rings. The van der Waals surface area contributed by atoms with Gasteiger partial charge in [-0.2, -0.15) is 0 Å². The van der Waals surface area contributed by atoms with E-state index >= 15 is 0 Å². The van der Waals surface area contributed by atoms with Gasteiger partial charge in [-0.1, -0.05) is 0 Å². The van der Waals surface area contributed by atoms with Crippen molar-refractivity contribution in [3.63, 3.8) is 0 Å². The smallest absolute Gasteiger partial charge is 0.231 e. The molecule has 1 aliphatic heterocycles. The Morgan fingerprint density at radius 3 is 3.08 bits per heavy atom. The molecule has 1 aliphatic rings. The first-order valence-electron chi connectivity index (χ1n) is 4.77. The number of anilines is 1. The molecule has 70 valence electrons. The summed E-state index contributed by atoms with van der Waals surface area (Å²) < 4.78 is 0. The van der Waals surface area contributed by atoms with Gasteiger partial charge in [-0.25, -0.2) is 4.98 Å². The number of aryl methyl sites for hydroxylation is 1. The van der Waals surface area contributed by atoms with Gasteiger partial charge >= 0.3 is 0 Å². The lowest BCUT2D eigenvalue weighted by atomic mass is 10.0. The summed E-state index contributed by atoms with van der Waals surface area (Å²) in [6, 6.07) is 1.97. The number of rotatable bonds is 0. The van der Waals surface area contributed by atoms with Crippen LogP contribution >= 0.6 is 0 Å². The van der Waals surface area contributed by atoms with E-state index in [-0.39, 0.29) is 0 Å². The predicted molar refractivity (Wildman–Crippen MR) is 53.1 cm³/mol. The molecular formula is C10H16N3+. The Labute approximate surface area is 78.6 Å². The fraction of sp³-hybridized carbons (Fsp3) is 0.500. The molecule has 2 rings (SSSR count). The van der Waals surface area contributed by atoms with Gasteiger partial charge in [-0.3, -0.25) is 4.90 Å². The van der Waals surface area contributed by atoms with Gasteiger partial charge in [0.2, 0.25) is 5.82 Å². The second kappa shape index (κ2) is 3.00. The third-order valence-corrected chi connectivity index (χ3v) is 2.67.